The molecular formula is C18H30O2. The van der Waals surface area contributed by atoms with Gasteiger partial charge in [-0.05, 0) is 63.2 Å². The molecule has 4 atom stereocenters. The van der Waals surface area contributed by atoms with E-state index in [0.29, 0.717) is 11.8 Å². The molecule has 0 radical (unpaired) electrons. The second-order valence-corrected chi connectivity index (χ2v) is 7.57. The maximum Gasteiger partial charge on any atom is 0.0771 e. The van der Waals surface area contributed by atoms with Crippen molar-refractivity contribution in [1.82, 2.24) is 0 Å². The minimum Gasteiger partial charge on any atom is -0.393 e. The van der Waals surface area contributed by atoms with Crippen molar-refractivity contribution in [3.63, 3.8) is 0 Å². The molecular weight excluding hydrogens is 248 g/mol. The Balaban J connectivity index is 2.04. The van der Waals surface area contributed by atoms with Crippen LogP contribution < -0.4 is 0 Å². The number of rotatable bonds is 4. The predicted octanol–water partition coefficient (Wildman–Crippen LogP) is 3.84. The Morgan fingerprint density at radius 3 is 2.85 bits per heavy atom. The van der Waals surface area contributed by atoms with E-state index in [4.69, 9.17) is 0 Å². The van der Waals surface area contributed by atoms with Gasteiger partial charge in [0.1, 0.15) is 0 Å². The van der Waals surface area contributed by atoms with Gasteiger partial charge in [-0.1, -0.05) is 37.6 Å². The van der Waals surface area contributed by atoms with E-state index in [1.54, 1.807) is 13.8 Å². The first-order chi connectivity index (χ1) is 9.24. The molecule has 0 amide bonds. The SMILES string of the molecule is CC(CC=CC(C)(C)O)C1=CCC2C(O)CCCC12C. The van der Waals surface area contributed by atoms with Gasteiger partial charge in [0.25, 0.3) is 0 Å². The summed E-state index contributed by atoms with van der Waals surface area (Å²) in [5, 5.41) is 20.0. The molecule has 0 saturated heterocycles. The van der Waals surface area contributed by atoms with Crippen LogP contribution in [0.15, 0.2) is 23.8 Å². The lowest BCUT2D eigenvalue weighted by Crippen LogP contribution is -2.39. The molecule has 0 heterocycles. The van der Waals surface area contributed by atoms with Crippen molar-refractivity contribution < 1.29 is 10.2 Å². The summed E-state index contributed by atoms with van der Waals surface area (Å²) in [6.45, 7) is 8.22. The summed E-state index contributed by atoms with van der Waals surface area (Å²) in [6, 6.07) is 0. The van der Waals surface area contributed by atoms with E-state index in [9.17, 15) is 10.2 Å². The smallest absolute Gasteiger partial charge is 0.0771 e. The maximum absolute atomic E-state index is 10.2. The molecule has 1 fully saturated rings. The van der Waals surface area contributed by atoms with E-state index in [-0.39, 0.29) is 11.5 Å². The molecule has 20 heavy (non-hydrogen) atoms. The quantitative estimate of drug-likeness (QED) is 0.767. The fourth-order valence-electron chi connectivity index (χ4n) is 4.20. The van der Waals surface area contributed by atoms with Crippen LogP contribution in [0.4, 0.5) is 0 Å². The molecule has 2 heteroatoms. The van der Waals surface area contributed by atoms with Crippen LogP contribution in [0, 0.1) is 17.3 Å². The molecule has 0 aromatic heterocycles. The highest BCUT2D eigenvalue weighted by Gasteiger charge is 2.47. The second-order valence-electron chi connectivity index (χ2n) is 7.57. The van der Waals surface area contributed by atoms with Gasteiger partial charge in [0.15, 0.2) is 0 Å². The van der Waals surface area contributed by atoms with Crippen LogP contribution in [0.2, 0.25) is 0 Å². The highest BCUT2D eigenvalue weighted by molar-refractivity contribution is 5.26. The van der Waals surface area contributed by atoms with Crippen molar-refractivity contribution >= 4 is 0 Å². The molecule has 1 saturated carbocycles. The van der Waals surface area contributed by atoms with Crippen LogP contribution in [-0.2, 0) is 0 Å². The molecule has 0 spiro atoms. The summed E-state index contributed by atoms with van der Waals surface area (Å²) in [4.78, 5) is 0. The lowest BCUT2D eigenvalue weighted by atomic mass is 9.63. The fraction of sp³-hybridized carbons (Fsp3) is 0.778. The van der Waals surface area contributed by atoms with Gasteiger partial charge in [-0.3, -0.25) is 0 Å². The van der Waals surface area contributed by atoms with Crippen molar-refractivity contribution in [2.75, 3.05) is 0 Å². The van der Waals surface area contributed by atoms with E-state index in [1.165, 1.54) is 12.0 Å². The third-order valence-electron chi connectivity index (χ3n) is 5.28. The first kappa shape index (κ1) is 15.8. The van der Waals surface area contributed by atoms with Crippen LogP contribution in [0.1, 0.15) is 59.8 Å². The van der Waals surface area contributed by atoms with E-state index in [2.05, 4.69) is 26.0 Å². The number of hydrogen-bond donors (Lipinski definition) is 2. The number of aliphatic hydroxyl groups excluding tert-OH is 1. The highest BCUT2D eigenvalue weighted by atomic mass is 16.3. The monoisotopic (exact) mass is 278 g/mol. The average Bonchev–Trinajstić information content (AvgIpc) is 2.66. The van der Waals surface area contributed by atoms with Crippen molar-refractivity contribution in [3.8, 4) is 0 Å². The Morgan fingerprint density at radius 1 is 1.50 bits per heavy atom. The summed E-state index contributed by atoms with van der Waals surface area (Å²) in [5.41, 5.74) is 0.998. The molecule has 4 unspecified atom stereocenters. The van der Waals surface area contributed by atoms with E-state index < -0.39 is 5.60 Å². The van der Waals surface area contributed by atoms with Gasteiger partial charge in [-0.15, -0.1) is 0 Å². The molecule has 0 aliphatic heterocycles. The lowest BCUT2D eigenvalue weighted by Gasteiger charge is -2.43. The molecule has 114 valence electrons. The molecule has 0 aromatic rings. The molecule has 2 N–H and O–H groups in total. The Labute approximate surface area is 123 Å². The Kier molecular flexibility index (Phi) is 4.46. The minimum atomic E-state index is -0.725. The average molecular weight is 278 g/mol. The summed E-state index contributed by atoms with van der Waals surface area (Å²) < 4.78 is 0. The van der Waals surface area contributed by atoms with Crippen molar-refractivity contribution in [2.45, 2.75) is 71.5 Å². The molecule has 2 rings (SSSR count). The molecule has 0 aromatic carbocycles. The largest absolute Gasteiger partial charge is 0.393 e. The maximum atomic E-state index is 10.2. The van der Waals surface area contributed by atoms with Gasteiger partial charge in [-0.25, -0.2) is 0 Å². The van der Waals surface area contributed by atoms with E-state index in [0.717, 1.165) is 25.7 Å². The zero-order chi connectivity index (χ0) is 15.0. The van der Waals surface area contributed by atoms with Gasteiger partial charge in [0.05, 0.1) is 11.7 Å². The first-order valence-corrected chi connectivity index (χ1v) is 8.03. The zero-order valence-corrected chi connectivity index (χ0v) is 13.4. The fourth-order valence-corrected chi connectivity index (χ4v) is 4.20. The third kappa shape index (κ3) is 3.17. The highest BCUT2D eigenvalue weighted by Crippen LogP contribution is 2.54. The first-order valence-electron chi connectivity index (χ1n) is 8.03. The number of aliphatic hydroxyl groups is 2. The summed E-state index contributed by atoms with van der Waals surface area (Å²) in [7, 11) is 0. The van der Waals surface area contributed by atoms with Crippen molar-refractivity contribution in [3.05, 3.63) is 23.8 Å². The summed E-state index contributed by atoms with van der Waals surface area (Å²) in [5.74, 6) is 0.917. The Hall–Kier alpha value is -0.600. The van der Waals surface area contributed by atoms with Crippen LogP contribution in [-0.4, -0.2) is 21.9 Å². The van der Waals surface area contributed by atoms with E-state index in [1.807, 2.05) is 6.08 Å². The summed E-state index contributed by atoms with van der Waals surface area (Å²) in [6.07, 6.45) is 11.5. The van der Waals surface area contributed by atoms with Crippen molar-refractivity contribution in [2.24, 2.45) is 17.3 Å². The van der Waals surface area contributed by atoms with Crippen LogP contribution in [0.3, 0.4) is 0 Å². The summed E-state index contributed by atoms with van der Waals surface area (Å²) >= 11 is 0. The van der Waals surface area contributed by atoms with Crippen molar-refractivity contribution in [1.29, 1.82) is 0 Å². The van der Waals surface area contributed by atoms with Gasteiger partial charge in [0.2, 0.25) is 0 Å². The van der Waals surface area contributed by atoms with Gasteiger partial charge >= 0.3 is 0 Å². The van der Waals surface area contributed by atoms with Crippen LogP contribution in [0.25, 0.3) is 0 Å². The van der Waals surface area contributed by atoms with E-state index >= 15 is 0 Å². The molecule has 2 aliphatic carbocycles. The van der Waals surface area contributed by atoms with Gasteiger partial charge in [0, 0.05) is 0 Å². The topological polar surface area (TPSA) is 40.5 Å². The Morgan fingerprint density at radius 2 is 2.20 bits per heavy atom. The van der Waals surface area contributed by atoms with Crippen LogP contribution >= 0.6 is 0 Å². The Bertz CT molecular complexity index is 402. The molecule has 2 nitrogen and oxygen atoms in total. The molecule has 0 bridgehead atoms. The normalized spacial score (nSPS) is 36.0. The zero-order valence-electron chi connectivity index (χ0n) is 13.4. The van der Waals surface area contributed by atoms with Crippen LogP contribution in [0.5, 0.6) is 0 Å². The number of hydrogen-bond acceptors (Lipinski definition) is 2. The standard InChI is InChI=1S/C18H30O2/c1-13(7-5-11-17(2,3)20)14-9-10-15-16(19)8-6-12-18(14,15)4/h5,9,11,13,15-16,19-20H,6-8,10,12H2,1-4H3. The predicted molar refractivity (Wildman–Crippen MR) is 83.4 cm³/mol. The van der Waals surface area contributed by atoms with Gasteiger partial charge in [-0.2, -0.15) is 0 Å². The number of allylic oxidation sites excluding steroid dienone is 3. The second kappa shape index (κ2) is 5.65. The van der Waals surface area contributed by atoms with Gasteiger partial charge < -0.3 is 10.2 Å². The third-order valence-corrected chi connectivity index (χ3v) is 5.28. The minimum absolute atomic E-state index is 0.124. The number of fused-ring (bicyclic) bond motifs is 1. The lowest BCUT2D eigenvalue weighted by molar-refractivity contribution is 0.00804. The molecule has 2 aliphatic rings.